The Bertz CT molecular complexity index is 317. The SMILES string of the molecule is FC(F)(F)c1cnc(NCC2CC2)s1. The van der Waals surface area contributed by atoms with Gasteiger partial charge in [0.15, 0.2) is 5.13 Å². The second-order valence-electron chi connectivity index (χ2n) is 3.35. The van der Waals surface area contributed by atoms with Crippen molar-refractivity contribution in [3.63, 3.8) is 0 Å². The molecule has 0 spiro atoms. The Morgan fingerprint density at radius 3 is 2.71 bits per heavy atom. The van der Waals surface area contributed by atoms with E-state index in [-0.39, 0.29) is 0 Å². The molecule has 1 aliphatic rings. The highest BCUT2D eigenvalue weighted by Gasteiger charge is 2.33. The molecule has 1 aromatic rings. The van der Waals surface area contributed by atoms with E-state index in [1.165, 1.54) is 12.8 Å². The van der Waals surface area contributed by atoms with Crippen molar-refractivity contribution >= 4 is 16.5 Å². The summed E-state index contributed by atoms with van der Waals surface area (Å²) in [4.78, 5) is 3.03. The van der Waals surface area contributed by atoms with E-state index in [1.807, 2.05) is 0 Å². The van der Waals surface area contributed by atoms with E-state index < -0.39 is 11.1 Å². The normalized spacial score (nSPS) is 17.1. The van der Waals surface area contributed by atoms with Crippen molar-refractivity contribution in [2.24, 2.45) is 5.92 Å². The molecule has 1 aromatic heterocycles. The van der Waals surface area contributed by atoms with Crippen LogP contribution < -0.4 is 5.32 Å². The zero-order chi connectivity index (χ0) is 10.2. The molecule has 0 saturated heterocycles. The minimum absolute atomic E-state index is 0.365. The summed E-state index contributed by atoms with van der Waals surface area (Å²) in [5.41, 5.74) is 0. The molecule has 6 heteroatoms. The topological polar surface area (TPSA) is 24.9 Å². The van der Waals surface area contributed by atoms with Gasteiger partial charge in [-0.3, -0.25) is 0 Å². The molecule has 0 unspecified atom stereocenters. The fraction of sp³-hybridized carbons (Fsp3) is 0.625. The predicted molar refractivity (Wildman–Crippen MR) is 48.3 cm³/mol. The van der Waals surface area contributed by atoms with Crippen molar-refractivity contribution in [2.45, 2.75) is 19.0 Å². The lowest BCUT2D eigenvalue weighted by Crippen LogP contribution is -2.02. The molecule has 0 radical (unpaired) electrons. The third kappa shape index (κ3) is 2.37. The van der Waals surface area contributed by atoms with E-state index in [0.29, 0.717) is 22.4 Å². The summed E-state index contributed by atoms with van der Waals surface area (Å²) in [5, 5.41) is 3.27. The Hall–Kier alpha value is -0.780. The van der Waals surface area contributed by atoms with Gasteiger partial charge in [0.25, 0.3) is 0 Å². The average Bonchev–Trinajstić information content (AvgIpc) is 2.77. The number of anilines is 1. The van der Waals surface area contributed by atoms with Crippen LogP contribution in [-0.4, -0.2) is 11.5 Å². The molecule has 1 fully saturated rings. The van der Waals surface area contributed by atoms with E-state index in [2.05, 4.69) is 10.3 Å². The quantitative estimate of drug-likeness (QED) is 0.850. The Morgan fingerprint density at radius 1 is 1.50 bits per heavy atom. The second-order valence-corrected chi connectivity index (χ2v) is 4.38. The van der Waals surface area contributed by atoms with Gasteiger partial charge in [-0.15, -0.1) is 0 Å². The van der Waals surface area contributed by atoms with Crippen LogP contribution in [0, 0.1) is 5.92 Å². The molecule has 0 atom stereocenters. The fourth-order valence-electron chi connectivity index (χ4n) is 1.04. The van der Waals surface area contributed by atoms with Gasteiger partial charge in [-0.2, -0.15) is 13.2 Å². The van der Waals surface area contributed by atoms with Crippen molar-refractivity contribution in [1.29, 1.82) is 0 Å². The molecule has 0 aliphatic heterocycles. The van der Waals surface area contributed by atoms with Gasteiger partial charge in [0.05, 0.1) is 6.20 Å². The van der Waals surface area contributed by atoms with Crippen molar-refractivity contribution < 1.29 is 13.2 Å². The van der Waals surface area contributed by atoms with E-state index in [9.17, 15) is 13.2 Å². The van der Waals surface area contributed by atoms with Gasteiger partial charge < -0.3 is 5.32 Å². The number of thiazole rings is 1. The van der Waals surface area contributed by atoms with Crippen LogP contribution in [0.25, 0.3) is 0 Å². The third-order valence-electron chi connectivity index (χ3n) is 2.02. The first kappa shape index (κ1) is 9.76. The van der Waals surface area contributed by atoms with Crippen LogP contribution in [0.5, 0.6) is 0 Å². The fourth-order valence-corrected chi connectivity index (χ4v) is 1.73. The molecule has 1 heterocycles. The average molecular weight is 222 g/mol. The van der Waals surface area contributed by atoms with Crippen LogP contribution in [-0.2, 0) is 6.18 Å². The highest BCUT2D eigenvalue weighted by Crippen LogP contribution is 2.35. The highest BCUT2D eigenvalue weighted by molar-refractivity contribution is 7.15. The number of hydrogen-bond donors (Lipinski definition) is 1. The van der Waals surface area contributed by atoms with Crippen molar-refractivity contribution in [3.8, 4) is 0 Å². The summed E-state index contributed by atoms with van der Waals surface area (Å²) < 4.78 is 36.5. The number of aromatic nitrogens is 1. The first-order valence-corrected chi connectivity index (χ1v) is 5.14. The van der Waals surface area contributed by atoms with Crippen LogP contribution in [0.1, 0.15) is 17.7 Å². The Balaban J connectivity index is 1.94. The van der Waals surface area contributed by atoms with Crippen LogP contribution in [0.15, 0.2) is 6.20 Å². The number of alkyl halides is 3. The van der Waals surface area contributed by atoms with Gasteiger partial charge in [-0.25, -0.2) is 4.98 Å². The lowest BCUT2D eigenvalue weighted by molar-refractivity contribution is -0.134. The highest BCUT2D eigenvalue weighted by atomic mass is 32.1. The molecule has 14 heavy (non-hydrogen) atoms. The maximum absolute atomic E-state index is 12.2. The Labute approximate surface area is 83.2 Å². The van der Waals surface area contributed by atoms with Crippen molar-refractivity contribution in [2.75, 3.05) is 11.9 Å². The monoisotopic (exact) mass is 222 g/mol. The molecule has 1 saturated carbocycles. The smallest absolute Gasteiger partial charge is 0.361 e. The van der Waals surface area contributed by atoms with E-state index in [1.54, 1.807) is 0 Å². The lowest BCUT2D eigenvalue weighted by Gasteiger charge is -2.00. The Morgan fingerprint density at radius 2 is 2.21 bits per heavy atom. The zero-order valence-electron chi connectivity index (χ0n) is 7.27. The molecule has 1 aliphatic carbocycles. The van der Waals surface area contributed by atoms with Crippen molar-refractivity contribution in [3.05, 3.63) is 11.1 Å². The summed E-state index contributed by atoms with van der Waals surface area (Å²) >= 11 is 0.662. The van der Waals surface area contributed by atoms with Gasteiger partial charge >= 0.3 is 6.18 Å². The van der Waals surface area contributed by atoms with Gasteiger partial charge in [0, 0.05) is 6.54 Å². The summed E-state index contributed by atoms with van der Waals surface area (Å²) in [6.45, 7) is 0.741. The number of rotatable bonds is 3. The number of nitrogens with one attached hydrogen (secondary N) is 1. The van der Waals surface area contributed by atoms with Crippen LogP contribution in [0.3, 0.4) is 0 Å². The molecule has 0 bridgehead atoms. The number of halogens is 3. The van der Waals surface area contributed by atoms with Crippen LogP contribution >= 0.6 is 11.3 Å². The first-order chi connectivity index (χ1) is 6.55. The minimum Gasteiger partial charge on any atom is -0.361 e. The molecule has 0 aromatic carbocycles. The van der Waals surface area contributed by atoms with Gasteiger partial charge in [-0.1, -0.05) is 11.3 Å². The van der Waals surface area contributed by atoms with Crippen LogP contribution in [0.2, 0.25) is 0 Å². The largest absolute Gasteiger partial charge is 0.427 e. The maximum Gasteiger partial charge on any atom is 0.427 e. The molecule has 2 rings (SSSR count). The van der Waals surface area contributed by atoms with Gasteiger partial charge in [-0.05, 0) is 18.8 Å². The van der Waals surface area contributed by atoms with E-state index >= 15 is 0 Å². The van der Waals surface area contributed by atoms with Crippen molar-refractivity contribution in [1.82, 2.24) is 4.98 Å². The molecular weight excluding hydrogens is 213 g/mol. The van der Waals surface area contributed by atoms with E-state index in [0.717, 1.165) is 12.7 Å². The third-order valence-corrected chi connectivity index (χ3v) is 3.02. The molecule has 2 nitrogen and oxygen atoms in total. The standard InChI is InChI=1S/C8H9F3N2S/c9-8(10,11)6-4-13-7(14-6)12-3-5-1-2-5/h4-5H,1-3H2,(H,12,13). The first-order valence-electron chi connectivity index (χ1n) is 4.32. The predicted octanol–water partition coefficient (Wildman–Crippen LogP) is 2.98. The molecule has 1 N–H and O–H groups in total. The number of hydrogen-bond acceptors (Lipinski definition) is 3. The van der Waals surface area contributed by atoms with Gasteiger partial charge in [0.1, 0.15) is 4.88 Å². The van der Waals surface area contributed by atoms with Gasteiger partial charge in [0.2, 0.25) is 0 Å². The molecule has 78 valence electrons. The molecule has 0 amide bonds. The molecular formula is C8H9F3N2S. The second kappa shape index (κ2) is 3.42. The lowest BCUT2D eigenvalue weighted by atomic mass is 10.4. The summed E-state index contributed by atoms with van der Waals surface area (Å²) in [5.74, 6) is 0.633. The van der Waals surface area contributed by atoms with Crippen LogP contribution in [0.4, 0.5) is 18.3 Å². The number of nitrogens with zero attached hydrogens (tertiary/aromatic N) is 1. The minimum atomic E-state index is -4.27. The Kier molecular flexibility index (Phi) is 2.38. The summed E-state index contributed by atoms with van der Waals surface area (Å²) in [7, 11) is 0. The summed E-state index contributed by atoms with van der Waals surface area (Å²) in [6.07, 6.45) is -1.05. The summed E-state index contributed by atoms with van der Waals surface area (Å²) in [6, 6.07) is 0. The zero-order valence-corrected chi connectivity index (χ0v) is 8.08. The van der Waals surface area contributed by atoms with E-state index in [4.69, 9.17) is 0 Å². The maximum atomic E-state index is 12.2.